The molecule has 0 bridgehead atoms. The third kappa shape index (κ3) is 2.95. The molecule has 1 N–H and O–H groups in total. The van der Waals surface area contributed by atoms with Gasteiger partial charge in [-0.15, -0.1) is 0 Å². The molecule has 0 aliphatic rings. The molecule has 5 heteroatoms. The number of aromatic nitrogens is 3. The van der Waals surface area contributed by atoms with Gasteiger partial charge in [0.2, 0.25) is 0 Å². The number of H-pyrrole nitrogens is 1. The smallest absolute Gasteiger partial charge is 0.166 e. The minimum absolute atomic E-state index is 0.669. The van der Waals surface area contributed by atoms with E-state index in [4.69, 9.17) is 4.74 Å². The van der Waals surface area contributed by atoms with Gasteiger partial charge in [0.15, 0.2) is 5.16 Å². The van der Waals surface area contributed by atoms with E-state index in [1.54, 1.807) is 11.8 Å². The zero-order valence-corrected chi connectivity index (χ0v) is 13.8. The van der Waals surface area contributed by atoms with E-state index in [9.17, 15) is 0 Å². The van der Waals surface area contributed by atoms with Gasteiger partial charge >= 0.3 is 0 Å². The molecular formula is C17H19N3OS. The van der Waals surface area contributed by atoms with Crippen molar-refractivity contribution in [2.24, 2.45) is 0 Å². The first-order valence-corrected chi connectivity index (χ1v) is 8.33. The van der Waals surface area contributed by atoms with Crippen molar-refractivity contribution < 1.29 is 4.74 Å². The average Bonchev–Trinajstić information content (AvgIpc) is 2.93. The molecule has 2 aromatic heterocycles. The fourth-order valence-electron chi connectivity index (χ4n) is 2.40. The molecule has 22 heavy (non-hydrogen) atoms. The van der Waals surface area contributed by atoms with Crippen LogP contribution in [-0.2, 0) is 5.75 Å². The van der Waals surface area contributed by atoms with Gasteiger partial charge in [0.25, 0.3) is 0 Å². The van der Waals surface area contributed by atoms with Crippen LogP contribution in [-0.4, -0.2) is 21.6 Å². The predicted octanol–water partition coefficient (Wildman–Crippen LogP) is 4.27. The largest absolute Gasteiger partial charge is 0.493 e. The predicted molar refractivity (Wildman–Crippen MR) is 90.5 cm³/mol. The van der Waals surface area contributed by atoms with Crippen molar-refractivity contribution in [3.05, 3.63) is 47.3 Å². The molecule has 2 heterocycles. The Morgan fingerprint density at radius 1 is 1.23 bits per heavy atom. The van der Waals surface area contributed by atoms with Gasteiger partial charge in [0.05, 0.1) is 23.3 Å². The monoisotopic (exact) mass is 313 g/mol. The summed E-state index contributed by atoms with van der Waals surface area (Å²) < 4.78 is 5.74. The van der Waals surface area contributed by atoms with Crippen molar-refractivity contribution in [3.8, 4) is 5.75 Å². The maximum atomic E-state index is 5.74. The summed E-state index contributed by atoms with van der Waals surface area (Å²) in [5, 5.41) is 0.918. The Labute approximate surface area is 134 Å². The summed E-state index contributed by atoms with van der Waals surface area (Å²) in [5.41, 5.74) is 5.30. The van der Waals surface area contributed by atoms with Gasteiger partial charge in [0.1, 0.15) is 5.75 Å². The molecule has 0 aliphatic carbocycles. The summed E-state index contributed by atoms with van der Waals surface area (Å²) in [5.74, 6) is 1.73. The SMILES string of the molecule is CCOc1c(C)cnc(CSc2nc3ccccc3[nH]2)c1C. The van der Waals surface area contributed by atoms with Crippen molar-refractivity contribution in [2.75, 3.05) is 6.61 Å². The number of rotatable bonds is 5. The number of fused-ring (bicyclic) bond motifs is 1. The van der Waals surface area contributed by atoms with Crippen LogP contribution in [0.15, 0.2) is 35.6 Å². The molecule has 4 nitrogen and oxygen atoms in total. The van der Waals surface area contributed by atoms with Crippen LogP contribution in [0.1, 0.15) is 23.7 Å². The van der Waals surface area contributed by atoms with Crippen molar-refractivity contribution in [1.82, 2.24) is 15.0 Å². The van der Waals surface area contributed by atoms with E-state index in [-0.39, 0.29) is 0 Å². The van der Waals surface area contributed by atoms with Crippen LogP contribution in [0.2, 0.25) is 0 Å². The number of ether oxygens (including phenoxy) is 1. The maximum Gasteiger partial charge on any atom is 0.166 e. The lowest BCUT2D eigenvalue weighted by molar-refractivity contribution is 0.334. The van der Waals surface area contributed by atoms with Crippen LogP contribution in [0.5, 0.6) is 5.75 Å². The molecule has 1 aromatic carbocycles. The first-order valence-electron chi connectivity index (χ1n) is 7.34. The number of thioether (sulfide) groups is 1. The first kappa shape index (κ1) is 14.9. The Balaban J connectivity index is 1.80. The van der Waals surface area contributed by atoms with Crippen LogP contribution in [0, 0.1) is 13.8 Å². The highest BCUT2D eigenvalue weighted by molar-refractivity contribution is 7.98. The number of hydrogen-bond acceptors (Lipinski definition) is 4. The van der Waals surface area contributed by atoms with Gasteiger partial charge < -0.3 is 9.72 Å². The molecule has 3 rings (SSSR count). The Bertz CT molecular complexity index is 765. The third-order valence-corrected chi connectivity index (χ3v) is 4.43. The fraction of sp³-hybridized carbons (Fsp3) is 0.294. The molecule has 0 amide bonds. The van der Waals surface area contributed by atoms with Gasteiger partial charge in [-0.05, 0) is 32.9 Å². The summed E-state index contributed by atoms with van der Waals surface area (Å²) in [4.78, 5) is 12.5. The zero-order chi connectivity index (χ0) is 15.5. The normalized spacial score (nSPS) is 11.0. The van der Waals surface area contributed by atoms with Crippen LogP contribution in [0.3, 0.4) is 0 Å². The van der Waals surface area contributed by atoms with Gasteiger partial charge in [-0.1, -0.05) is 23.9 Å². The average molecular weight is 313 g/mol. The molecular weight excluding hydrogens is 294 g/mol. The highest BCUT2D eigenvalue weighted by Crippen LogP contribution is 2.29. The van der Waals surface area contributed by atoms with E-state index in [0.717, 1.165) is 44.5 Å². The number of benzene rings is 1. The topological polar surface area (TPSA) is 50.8 Å². The molecule has 114 valence electrons. The zero-order valence-electron chi connectivity index (χ0n) is 13.0. The second-order valence-corrected chi connectivity index (χ2v) is 6.09. The van der Waals surface area contributed by atoms with Crippen molar-refractivity contribution in [3.63, 3.8) is 0 Å². The number of aromatic amines is 1. The fourth-order valence-corrected chi connectivity index (χ4v) is 3.31. The second kappa shape index (κ2) is 6.40. The molecule has 0 saturated heterocycles. The lowest BCUT2D eigenvalue weighted by Gasteiger charge is -2.13. The van der Waals surface area contributed by atoms with Crippen molar-refractivity contribution in [1.29, 1.82) is 0 Å². The lowest BCUT2D eigenvalue weighted by Crippen LogP contribution is -2.01. The number of para-hydroxylation sites is 2. The summed E-state index contributed by atoms with van der Waals surface area (Å²) in [6.07, 6.45) is 1.88. The van der Waals surface area contributed by atoms with Crippen LogP contribution in [0.25, 0.3) is 11.0 Å². The Hall–Kier alpha value is -2.01. The molecule has 0 atom stereocenters. The van der Waals surface area contributed by atoms with Gasteiger partial charge in [0, 0.05) is 23.1 Å². The van der Waals surface area contributed by atoms with Crippen LogP contribution in [0.4, 0.5) is 0 Å². The molecule has 0 unspecified atom stereocenters. The van der Waals surface area contributed by atoms with Crippen LogP contribution >= 0.6 is 11.8 Å². The molecule has 0 radical (unpaired) electrons. The third-order valence-electron chi connectivity index (χ3n) is 3.55. The van der Waals surface area contributed by atoms with Crippen molar-refractivity contribution in [2.45, 2.75) is 31.7 Å². The molecule has 0 fully saturated rings. The Kier molecular flexibility index (Phi) is 4.34. The van der Waals surface area contributed by atoms with E-state index < -0.39 is 0 Å². The second-order valence-electron chi connectivity index (χ2n) is 5.12. The summed E-state index contributed by atoms with van der Waals surface area (Å²) in [7, 11) is 0. The van der Waals surface area contributed by atoms with Gasteiger partial charge in [-0.3, -0.25) is 4.98 Å². The highest BCUT2D eigenvalue weighted by Gasteiger charge is 2.11. The Morgan fingerprint density at radius 3 is 2.82 bits per heavy atom. The minimum atomic E-state index is 0.669. The number of hydrogen-bond donors (Lipinski definition) is 1. The van der Waals surface area contributed by atoms with Crippen molar-refractivity contribution >= 4 is 22.8 Å². The maximum absolute atomic E-state index is 5.74. The van der Waals surface area contributed by atoms with E-state index in [0.29, 0.717) is 6.61 Å². The first-order chi connectivity index (χ1) is 10.7. The summed E-state index contributed by atoms with van der Waals surface area (Å²) >= 11 is 1.66. The number of nitrogens with zero attached hydrogens (tertiary/aromatic N) is 2. The van der Waals surface area contributed by atoms with Crippen LogP contribution < -0.4 is 4.74 Å². The van der Waals surface area contributed by atoms with E-state index in [1.807, 2.05) is 44.3 Å². The van der Waals surface area contributed by atoms with E-state index >= 15 is 0 Å². The van der Waals surface area contributed by atoms with E-state index in [2.05, 4.69) is 21.9 Å². The van der Waals surface area contributed by atoms with Gasteiger partial charge in [-0.2, -0.15) is 0 Å². The quantitative estimate of drug-likeness (QED) is 0.715. The summed E-state index contributed by atoms with van der Waals surface area (Å²) in [6, 6.07) is 8.06. The number of aryl methyl sites for hydroxylation is 1. The Morgan fingerprint density at radius 2 is 2.05 bits per heavy atom. The van der Waals surface area contributed by atoms with Gasteiger partial charge in [-0.25, -0.2) is 4.98 Å². The van der Waals surface area contributed by atoms with E-state index in [1.165, 1.54) is 0 Å². The highest BCUT2D eigenvalue weighted by atomic mass is 32.2. The number of nitrogens with one attached hydrogen (secondary N) is 1. The molecule has 0 spiro atoms. The lowest BCUT2D eigenvalue weighted by atomic mass is 10.1. The molecule has 0 saturated carbocycles. The summed E-state index contributed by atoms with van der Waals surface area (Å²) in [6.45, 7) is 6.77. The number of pyridine rings is 1. The number of imidazole rings is 1. The molecule has 3 aromatic rings. The minimum Gasteiger partial charge on any atom is -0.493 e. The molecule has 0 aliphatic heterocycles. The standard InChI is InChI=1S/C17H19N3OS/c1-4-21-16-11(2)9-18-15(12(16)3)10-22-17-19-13-7-5-6-8-14(13)20-17/h5-9H,4,10H2,1-3H3,(H,19,20).